The second-order valence-electron chi connectivity index (χ2n) is 6.41. The summed E-state index contributed by atoms with van der Waals surface area (Å²) in [6.45, 7) is 2.98. The average Bonchev–Trinajstić information content (AvgIpc) is 2.69. The number of benzene rings is 2. The van der Waals surface area contributed by atoms with Crippen molar-refractivity contribution in [3.63, 3.8) is 0 Å². The minimum Gasteiger partial charge on any atom is -0.379 e. The third-order valence-corrected chi connectivity index (χ3v) is 4.27. The zero-order valence-corrected chi connectivity index (χ0v) is 15.8. The third kappa shape index (κ3) is 6.51. The molecule has 0 radical (unpaired) electrons. The van der Waals surface area contributed by atoms with Crippen LogP contribution in [0.3, 0.4) is 0 Å². The Morgan fingerprint density at radius 2 is 1.18 bits per heavy atom. The van der Waals surface area contributed by atoms with Gasteiger partial charge in [-0.25, -0.2) is 0 Å². The lowest BCUT2D eigenvalue weighted by Crippen LogP contribution is -2.24. The van der Waals surface area contributed by atoms with Crippen LogP contribution in [0.2, 0.25) is 0 Å². The second-order valence-corrected chi connectivity index (χ2v) is 6.41. The zero-order chi connectivity index (χ0) is 20.4. The van der Waals surface area contributed by atoms with Crippen LogP contribution >= 0.6 is 0 Å². The Morgan fingerprint density at radius 3 is 1.57 bits per heavy atom. The van der Waals surface area contributed by atoms with Crippen molar-refractivity contribution in [1.82, 2.24) is 4.90 Å². The summed E-state index contributed by atoms with van der Waals surface area (Å²) in [7, 11) is 2.01. The van der Waals surface area contributed by atoms with E-state index in [0.717, 1.165) is 25.9 Å². The highest BCUT2D eigenvalue weighted by molar-refractivity contribution is 5.61. The maximum Gasteiger partial charge on any atom is 0.292 e. The van der Waals surface area contributed by atoms with Crippen molar-refractivity contribution in [2.75, 3.05) is 43.9 Å². The van der Waals surface area contributed by atoms with E-state index in [1.54, 1.807) is 36.4 Å². The van der Waals surface area contributed by atoms with Crippen LogP contribution < -0.4 is 10.6 Å². The maximum absolute atomic E-state index is 11.0. The topological polar surface area (TPSA) is 114 Å². The molecule has 2 N–H and O–H groups in total. The van der Waals surface area contributed by atoms with Gasteiger partial charge in [0.05, 0.1) is 9.85 Å². The molecule has 0 saturated heterocycles. The fourth-order valence-electron chi connectivity index (χ4n) is 2.82. The summed E-state index contributed by atoms with van der Waals surface area (Å²) in [5.74, 6) is 0. The number of nitrogens with one attached hydrogen (secondary N) is 2. The molecule has 2 aromatic rings. The molecule has 0 aliphatic rings. The van der Waals surface area contributed by atoms with Crippen molar-refractivity contribution in [3.8, 4) is 0 Å². The first kappa shape index (κ1) is 21.1. The Hall–Kier alpha value is -3.20. The highest BCUT2D eigenvalue weighted by Gasteiger charge is 2.12. The number of nitrogens with zero attached hydrogens (tertiary/aromatic N) is 3. The Morgan fingerprint density at radius 1 is 0.786 bits per heavy atom. The van der Waals surface area contributed by atoms with Gasteiger partial charge in [0.1, 0.15) is 11.4 Å². The van der Waals surface area contributed by atoms with Crippen molar-refractivity contribution in [1.29, 1.82) is 0 Å². The van der Waals surface area contributed by atoms with Crippen LogP contribution in [0.25, 0.3) is 0 Å². The van der Waals surface area contributed by atoms with Crippen LogP contribution in [0, 0.1) is 20.2 Å². The molecule has 0 saturated carbocycles. The van der Waals surface area contributed by atoms with E-state index in [-0.39, 0.29) is 11.4 Å². The second kappa shape index (κ2) is 10.8. The number of nitro benzene ring substituents is 2. The molecule has 0 amide bonds. The number of nitro groups is 2. The van der Waals surface area contributed by atoms with Gasteiger partial charge >= 0.3 is 0 Å². The van der Waals surface area contributed by atoms with Crippen molar-refractivity contribution in [2.45, 2.75) is 12.8 Å². The van der Waals surface area contributed by atoms with E-state index in [1.807, 2.05) is 7.05 Å². The smallest absolute Gasteiger partial charge is 0.292 e. The van der Waals surface area contributed by atoms with Crippen LogP contribution in [0.1, 0.15) is 12.8 Å². The Bertz CT molecular complexity index is 734. The molecule has 150 valence electrons. The molecule has 9 heteroatoms. The van der Waals surface area contributed by atoms with Crippen LogP contribution in [0.5, 0.6) is 0 Å². The molecule has 0 aliphatic heterocycles. The van der Waals surface area contributed by atoms with Crippen molar-refractivity contribution in [2.24, 2.45) is 0 Å². The van der Waals surface area contributed by atoms with Gasteiger partial charge < -0.3 is 15.5 Å². The van der Waals surface area contributed by atoms with Crippen molar-refractivity contribution in [3.05, 3.63) is 68.8 Å². The summed E-state index contributed by atoms with van der Waals surface area (Å²) in [5, 5.41) is 28.2. The Kier molecular flexibility index (Phi) is 8.16. The highest BCUT2D eigenvalue weighted by Crippen LogP contribution is 2.23. The van der Waals surface area contributed by atoms with E-state index in [2.05, 4.69) is 15.5 Å². The number of hydrogen-bond acceptors (Lipinski definition) is 7. The molecule has 0 heterocycles. The van der Waals surface area contributed by atoms with Gasteiger partial charge in [-0.1, -0.05) is 24.3 Å². The lowest BCUT2D eigenvalue weighted by molar-refractivity contribution is -0.384. The summed E-state index contributed by atoms with van der Waals surface area (Å²) in [6.07, 6.45) is 1.69. The zero-order valence-electron chi connectivity index (χ0n) is 15.8. The normalized spacial score (nSPS) is 10.6. The van der Waals surface area contributed by atoms with Gasteiger partial charge in [0.25, 0.3) is 11.4 Å². The first-order valence-electron chi connectivity index (χ1n) is 9.12. The molecular weight excluding hydrogens is 362 g/mol. The van der Waals surface area contributed by atoms with Gasteiger partial charge in [-0.05, 0) is 45.1 Å². The van der Waals surface area contributed by atoms with E-state index in [9.17, 15) is 20.2 Å². The molecule has 0 unspecified atom stereocenters. The summed E-state index contributed by atoms with van der Waals surface area (Å²) < 4.78 is 0. The Balaban J connectivity index is 1.64. The number of rotatable bonds is 12. The minimum atomic E-state index is -0.390. The van der Waals surface area contributed by atoms with Gasteiger partial charge in [-0.3, -0.25) is 20.2 Å². The van der Waals surface area contributed by atoms with E-state index in [1.165, 1.54) is 12.1 Å². The summed E-state index contributed by atoms with van der Waals surface area (Å²) in [5.41, 5.74) is 1.22. The summed E-state index contributed by atoms with van der Waals surface area (Å²) in [4.78, 5) is 23.4. The Labute approximate surface area is 163 Å². The SMILES string of the molecule is CN(CCCNc1ccccc1[N+](=O)[O-])CCCNc1ccccc1[N+](=O)[O-]. The maximum atomic E-state index is 11.0. The summed E-state index contributed by atoms with van der Waals surface area (Å²) in [6, 6.07) is 13.2. The quantitative estimate of drug-likeness (QED) is 0.324. The molecule has 9 nitrogen and oxygen atoms in total. The molecule has 0 bridgehead atoms. The highest BCUT2D eigenvalue weighted by atomic mass is 16.6. The standard InChI is InChI=1S/C19H25N5O4/c1-22(14-6-12-20-16-8-2-4-10-18(16)23(25)26)15-7-13-21-17-9-3-5-11-19(17)24(27)28/h2-5,8-11,20-21H,6-7,12-15H2,1H3. The predicted octanol–water partition coefficient (Wildman–Crippen LogP) is 3.74. The number of para-hydroxylation sites is 4. The fraction of sp³-hybridized carbons (Fsp3) is 0.368. The molecule has 0 aliphatic carbocycles. The molecular formula is C19H25N5O4. The molecule has 0 aromatic heterocycles. The van der Waals surface area contributed by atoms with E-state index >= 15 is 0 Å². The molecule has 0 atom stereocenters. The van der Waals surface area contributed by atoms with Gasteiger partial charge in [-0.15, -0.1) is 0 Å². The molecule has 2 aromatic carbocycles. The monoisotopic (exact) mass is 387 g/mol. The van der Waals surface area contributed by atoms with E-state index < -0.39 is 9.85 Å². The van der Waals surface area contributed by atoms with Crippen LogP contribution in [0.15, 0.2) is 48.5 Å². The largest absolute Gasteiger partial charge is 0.379 e. The van der Waals surface area contributed by atoms with E-state index in [4.69, 9.17) is 0 Å². The third-order valence-electron chi connectivity index (χ3n) is 4.27. The summed E-state index contributed by atoms with van der Waals surface area (Å²) >= 11 is 0. The first-order chi connectivity index (χ1) is 13.5. The van der Waals surface area contributed by atoms with Crippen molar-refractivity contribution < 1.29 is 9.85 Å². The van der Waals surface area contributed by atoms with Crippen LogP contribution in [-0.4, -0.2) is 48.0 Å². The molecule has 0 fully saturated rings. The van der Waals surface area contributed by atoms with E-state index in [0.29, 0.717) is 24.5 Å². The first-order valence-corrected chi connectivity index (χ1v) is 9.12. The van der Waals surface area contributed by atoms with Crippen molar-refractivity contribution >= 4 is 22.7 Å². The lowest BCUT2D eigenvalue weighted by Gasteiger charge is -2.17. The molecule has 0 spiro atoms. The van der Waals surface area contributed by atoms with Gasteiger partial charge in [0.2, 0.25) is 0 Å². The fourth-order valence-corrected chi connectivity index (χ4v) is 2.82. The van der Waals surface area contributed by atoms with Gasteiger partial charge in [-0.2, -0.15) is 0 Å². The number of hydrogen-bond donors (Lipinski definition) is 2. The predicted molar refractivity (Wildman–Crippen MR) is 110 cm³/mol. The molecule has 2 rings (SSSR count). The minimum absolute atomic E-state index is 0.0805. The molecule has 28 heavy (non-hydrogen) atoms. The van der Waals surface area contributed by atoms with Crippen LogP contribution in [-0.2, 0) is 0 Å². The average molecular weight is 387 g/mol. The van der Waals surface area contributed by atoms with Crippen LogP contribution in [0.4, 0.5) is 22.7 Å². The van der Waals surface area contributed by atoms with Gasteiger partial charge in [0.15, 0.2) is 0 Å². The lowest BCUT2D eigenvalue weighted by atomic mass is 10.2. The number of anilines is 2. The van der Waals surface area contributed by atoms with Gasteiger partial charge in [0, 0.05) is 25.2 Å².